The first kappa shape index (κ1) is 13.9. The van der Waals surface area contributed by atoms with Crippen molar-refractivity contribution in [1.29, 1.82) is 0 Å². The van der Waals surface area contributed by atoms with Crippen molar-refractivity contribution in [2.75, 3.05) is 25.6 Å². The highest BCUT2D eigenvalue weighted by molar-refractivity contribution is 7.90. The number of rotatable bonds is 6. The van der Waals surface area contributed by atoms with Gasteiger partial charge in [0.25, 0.3) is 0 Å². The molecule has 0 aromatic rings. The maximum Gasteiger partial charge on any atom is 0.148 e. The number of likely N-dealkylation sites (N-methyl/N-ethyl adjacent to an activating group) is 1. The lowest BCUT2D eigenvalue weighted by atomic mass is 10.1. The summed E-state index contributed by atoms with van der Waals surface area (Å²) in [6.45, 7) is 4.28. The summed E-state index contributed by atoms with van der Waals surface area (Å²) < 4.78 is 21.8. The zero-order chi connectivity index (χ0) is 11.4. The smallest absolute Gasteiger partial charge is 0.148 e. The lowest BCUT2D eigenvalue weighted by molar-refractivity contribution is 0.0732. The molecular weight excluding hydrogens is 202 g/mol. The van der Waals surface area contributed by atoms with E-state index in [4.69, 9.17) is 0 Å². The molecule has 86 valence electrons. The number of nitrogens with zero attached hydrogens (tertiary/aromatic N) is 1. The molecule has 0 rings (SSSR count). The van der Waals surface area contributed by atoms with Crippen LogP contribution in [-0.4, -0.2) is 56.2 Å². The molecule has 0 bridgehead atoms. The minimum atomic E-state index is -2.91. The lowest BCUT2D eigenvalue weighted by Crippen LogP contribution is -2.40. The first-order valence-electron chi connectivity index (χ1n) is 4.84. The van der Waals surface area contributed by atoms with Crippen molar-refractivity contribution in [3.05, 3.63) is 0 Å². The molecule has 0 aromatic heterocycles. The predicted octanol–water partition coefficient (Wildman–Crippen LogP) is 0.122. The number of aliphatic hydroxyl groups excluding tert-OH is 1. The third-order valence-electron chi connectivity index (χ3n) is 2.49. The van der Waals surface area contributed by atoms with Crippen molar-refractivity contribution in [2.24, 2.45) is 0 Å². The summed E-state index contributed by atoms with van der Waals surface area (Å²) in [6, 6.07) is 0.00162. The third-order valence-corrected chi connectivity index (χ3v) is 3.41. The predicted molar refractivity (Wildman–Crippen MR) is 58.1 cm³/mol. The molecule has 0 amide bonds. The molecular formula is C9H21NO3S. The van der Waals surface area contributed by atoms with Crippen LogP contribution < -0.4 is 0 Å². The maximum absolute atomic E-state index is 10.9. The van der Waals surface area contributed by atoms with Gasteiger partial charge in [-0.3, -0.25) is 0 Å². The average molecular weight is 223 g/mol. The van der Waals surface area contributed by atoms with Gasteiger partial charge in [0, 0.05) is 18.8 Å². The van der Waals surface area contributed by atoms with Crippen molar-refractivity contribution in [3.8, 4) is 0 Å². The lowest BCUT2D eigenvalue weighted by Gasteiger charge is -2.27. The van der Waals surface area contributed by atoms with Gasteiger partial charge in [-0.2, -0.15) is 0 Å². The summed E-state index contributed by atoms with van der Waals surface area (Å²) in [7, 11) is -1.08. The van der Waals surface area contributed by atoms with Gasteiger partial charge in [-0.25, -0.2) is 8.42 Å². The molecule has 5 heteroatoms. The standard InChI is InChI=1S/C9H21NO3S/c1-5-9(11)8(2)10(3)6-7-14(4,12)13/h8-9,11H,5-7H2,1-4H3. The summed E-state index contributed by atoms with van der Waals surface area (Å²) in [5.41, 5.74) is 0. The van der Waals surface area contributed by atoms with Gasteiger partial charge in [0.2, 0.25) is 0 Å². The zero-order valence-electron chi connectivity index (χ0n) is 9.40. The van der Waals surface area contributed by atoms with Crippen molar-refractivity contribution in [3.63, 3.8) is 0 Å². The van der Waals surface area contributed by atoms with Gasteiger partial charge in [-0.1, -0.05) is 6.92 Å². The van der Waals surface area contributed by atoms with Crippen LogP contribution in [0.15, 0.2) is 0 Å². The fraction of sp³-hybridized carbons (Fsp3) is 1.00. The SMILES string of the molecule is CCC(O)C(C)N(C)CCS(C)(=O)=O. The molecule has 4 nitrogen and oxygen atoms in total. The van der Waals surface area contributed by atoms with Crippen molar-refractivity contribution in [1.82, 2.24) is 4.90 Å². The van der Waals surface area contributed by atoms with E-state index in [9.17, 15) is 13.5 Å². The second kappa shape index (κ2) is 5.68. The molecule has 0 aliphatic heterocycles. The molecule has 14 heavy (non-hydrogen) atoms. The highest BCUT2D eigenvalue weighted by atomic mass is 32.2. The largest absolute Gasteiger partial charge is 0.392 e. The average Bonchev–Trinajstić information content (AvgIpc) is 2.10. The Balaban J connectivity index is 4.02. The second-order valence-corrected chi connectivity index (χ2v) is 6.09. The quantitative estimate of drug-likeness (QED) is 0.695. The van der Waals surface area contributed by atoms with Gasteiger partial charge in [-0.05, 0) is 20.4 Å². The van der Waals surface area contributed by atoms with Crippen LogP contribution in [-0.2, 0) is 9.84 Å². The Labute approximate surface area is 86.8 Å². The first-order chi connectivity index (χ1) is 6.28. The Bertz CT molecular complexity index is 251. The molecule has 0 spiro atoms. The fourth-order valence-electron chi connectivity index (χ4n) is 1.15. The van der Waals surface area contributed by atoms with E-state index in [2.05, 4.69) is 0 Å². The number of sulfone groups is 1. The summed E-state index contributed by atoms with van der Waals surface area (Å²) in [5.74, 6) is 0.143. The van der Waals surface area contributed by atoms with E-state index in [0.717, 1.165) is 0 Å². The van der Waals surface area contributed by atoms with Crippen LogP contribution in [0.4, 0.5) is 0 Å². The third kappa shape index (κ3) is 5.57. The van der Waals surface area contributed by atoms with Crippen LogP contribution in [0.3, 0.4) is 0 Å². The van der Waals surface area contributed by atoms with Crippen LogP contribution in [0.1, 0.15) is 20.3 Å². The van der Waals surface area contributed by atoms with Gasteiger partial charge in [0.05, 0.1) is 11.9 Å². The minimum Gasteiger partial charge on any atom is -0.392 e. The van der Waals surface area contributed by atoms with E-state index < -0.39 is 9.84 Å². The minimum absolute atomic E-state index is 0.00162. The molecule has 2 unspecified atom stereocenters. The first-order valence-corrected chi connectivity index (χ1v) is 6.90. The van der Waals surface area contributed by atoms with E-state index in [1.807, 2.05) is 25.8 Å². The Morgan fingerprint density at radius 2 is 1.93 bits per heavy atom. The van der Waals surface area contributed by atoms with Gasteiger partial charge in [0.15, 0.2) is 0 Å². The number of hydrogen-bond donors (Lipinski definition) is 1. The second-order valence-electron chi connectivity index (χ2n) is 3.83. The van der Waals surface area contributed by atoms with Crippen LogP contribution in [0.2, 0.25) is 0 Å². The molecule has 0 aliphatic carbocycles. The molecule has 0 radical (unpaired) electrons. The molecule has 1 N–H and O–H groups in total. The van der Waals surface area contributed by atoms with E-state index in [1.165, 1.54) is 6.26 Å². The normalized spacial score (nSPS) is 17.0. The monoisotopic (exact) mass is 223 g/mol. The van der Waals surface area contributed by atoms with Gasteiger partial charge >= 0.3 is 0 Å². The molecule has 0 heterocycles. The molecule has 0 aromatic carbocycles. The molecule has 2 atom stereocenters. The highest BCUT2D eigenvalue weighted by Gasteiger charge is 2.17. The van der Waals surface area contributed by atoms with E-state index >= 15 is 0 Å². The number of aliphatic hydroxyl groups is 1. The topological polar surface area (TPSA) is 57.6 Å². The molecule has 0 saturated carbocycles. The van der Waals surface area contributed by atoms with Crippen LogP contribution >= 0.6 is 0 Å². The van der Waals surface area contributed by atoms with Crippen molar-refractivity contribution in [2.45, 2.75) is 32.4 Å². The Hall–Kier alpha value is -0.130. The summed E-state index contributed by atoms with van der Waals surface area (Å²) >= 11 is 0. The Morgan fingerprint density at radius 1 is 1.43 bits per heavy atom. The van der Waals surface area contributed by atoms with Crippen LogP contribution in [0.25, 0.3) is 0 Å². The van der Waals surface area contributed by atoms with Gasteiger partial charge in [0.1, 0.15) is 9.84 Å². The van der Waals surface area contributed by atoms with Crippen molar-refractivity contribution < 1.29 is 13.5 Å². The summed E-state index contributed by atoms with van der Waals surface area (Å²) in [4.78, 5) is 1.87. The van der Waals surface area contributed by atoms with E-state index in [-0.39, 0.29) is 17.9 Å². The van der Waals surface area contributed by atoms with Gasteiger partial charge in [-0.15, -0.1) is 0 Å². The van der Waals surface area contributed by atoms with E-state index in [0.29, 0.717) is 13.0 Å². The van der Waals surface area contributed by atoms with Gasteiger partial charge < -0.3 is 10.0 Å². The number of hydrogen-bond acceptors (Lipinski definition) is 4. The summed E-state index contributed by atoms with van der Waals surface area (Å²) in [6.07, 6.45) is 1.52. The fourth-order valence-corrected chi connectivity index (χ4v) is 1.77. The van der Waals surface area contributed by atoms with Crippen LogP contribution in [0.5, 0.6) is 0 Å². The Kier molecular flexibility index (Phi) is 5.63. The molecule has 0 aliphatic rings. The van der Waals surface area contributed by atoms with Crippen molar-refractivity contribution >= 4 is 9.84 Å². The Morgan fingerprint density at radius 3 is 2.29 bits per heavy atom. The molecule has 0 fully saturated rings. The molecule has 0 saturated heterocycles. The maximum atomic E-state index is 10.9. The van der Waals surface area contributed by atoms with Crippen LogP contribution in [0, 0.1) is 0 Å². The zero-order valence-corrected chi connectivity index (χ0v) is 10.2. The highest BCUT2D eigenvalue weighted by Crippen LogP contribution is 2.05. The van der Waals surface area contributed by atoms with E-state index in [1.54, 1.807) is 0 Å². The summed E-state index contributed by atoms with van der Waals surface area (Å²) in [5, 5.41) is 9.54.